The number of methoxy groups -OCH3 is 1. The van der Waals surface area contributed by atoms with Gasteiger partial charge in [-0.1, -0.05) is 0 Å². The molecule has 0 atom stereocenters. The van der Waals surface area contributed by atoms with E-state index >= 15 is 0 Å². The monoisotopic (exact) mass is 233 g/mol. The average molecular weight is 233 g/mol. The van der Waals surface area contributed by atoms with Crippen molar-refractivity contribution in [3.63, 3.8) is 0 Å². The Morgan fingerprint density at radius 2 is 2.07 bits per heavy atom. The molecule has 0 bridgehead atoms. The molecule has 0 aliphatic carbocycles. The maximum atomic E-state index is 10.8. The first kappa shape index (κ1) is 11.4. The number of nitro benzene ring substituents is 1. The van der Waals surface area contributed by atoms with Gasteiger partial charge in [0, 0.05) is 0 Å². The van der Waals surface area contributed by atoms with E-state index in [2.05, 4.69) is 0 Å². The van der Waals surface area contributed by atoms with Gasteiger partial charge >= 0.3 is 10.1 Å². The van der Waals surface area contributed by atoms with Crippen molar-refractivity contribution in [2.45, 2.75) is 4.90 Å². The summed E-state index contributed by atoms with van der Waals surface area (Å²) in [5.41, 5.74) is -0.725. The maximum Gasteiger partial charge on any atom is 0.301 e. The van der Waals surface area contributed by atoms with E-state index in [-0.39, 0.29) is 5.75 Å². The van der Waals surface area contributed by atoms with E-state index < -0.39 is 25.6 Å². The van der Waals surface area contributed by atoms with E-state index in [0.29, 0.717) is 0 Å². The van der Waals surface area contributed by atoms with Crippen LogP contribution >= 0.6 is 0 Å². The summed E-state index contributed by atoms with van der Waals surface area (Å²) < 4.78 is 34.9. The number of nitrogens with zero attached hydrogens (tertiary/aromatic N) is 1. The van der Waals surface area contributed by atoms with Crippen LogP contribution in [0.1, 0.15) is 0 Å². The Labute approximate surface area is 85.2 Å². The molecule has 1 aromatic carbocycles. The lowest BCUT2D eigenvalue weighted by Gasteiger charge is -2.02. The first-order valence-electron chi connectivity index (χ1n) is 3.66. The molecular formula is C7H7NO6S. The normalized spacial score (nSPS) is 11.1. The van der Waals surface area contributed by atoms with Gasteiger partial charge in [0.1, 0.15) is 5.75 Å². The predicted molar refractivity (Wildman–Crippen MR) is 49.5 cm³/mol. The quantitative estimate of drug-likeness (QED) is 0.471. The lowest BCUT2D eigenvalue weighted by atomic mass is 10.3. The summed E-state index contributed by atoms with van der Waals surface area (Å²) in [7, 11) is -3.32. The zero-order valence-corrected chi connectivity index (χ0v) is 8.39. The molecular weight excluding hydrogens is 226 g/mol. The van der Waals surface area contributed by atoms with Crippen LogP contribution in [0.3, 0.4) is 0 Å². The predicted octanol–water partition coefficient (Wildman–Crippen LogP) is 0.850. The standard InChI is InChI=1S/C7H7NO6S/c1-14-5-2-3-7(15(11,12)13)6(4-5)8(9)10/h2-4H,1H3,(H,11,12,13). The van der Waals surface area contributed by atoms with Gasteiger partial charge in [0.25, 0.3) is 5.69 Å². The first-order chi connectivity index (χ1) is 6.86. The summed E-state index contributed by atoms with van der Waals surface area (Å²) in [5, 5.41) is 10.5. The number of hydrogen-bond donors (Lipinski definition) is 1. The molecule has 1 rings (SSSR count). The van der Waals surface area contributed by atoms with E-state index in [1.54, 1.807) is 0 Å². The molecule has 82 valence electrons. The van der Waals surface area contributed by atoms with Crippen molar-refractivity contribution < 1.29 is 22.6 Å². The van der Waals surface area contributed by atoms with Gasteiger partial charge in [-0.05, 0) is 12.1 Å². The van der Waals surface area contributed by atoms with Crippen LogP contribution in [0.5, 0.6) is 5.75 Å². The SMILES string of the molecule is COc1ccc(S(=O)(=O)O)c([N+](=O)[O-])c1. The molecule has 0 aliphatic heterocycles. The first-order valence-corrected chi connectivity index (χ1v) is 5.10. The van der Waals surface area contributed by atoms with E-state index in [9.17, 15) is 18.5 Å². The van der Waals surface area contributed by atoms with Crippen LogP contribution in [0.2, 0.25) is 0 Å². The molecule has 0 unspecified atom stereocenters. The Hall–Kier alpha value is -1.67. The highest BCUT2D eigenvalue weighted by molar-refractivity contribution is 7.86. The molecule has 0 saturated heterocycles. The molecule has 15 heavy (non-hydrogen) atoms. The fourth-order valence-electron chi connectivity index (χ4n) is 0.985. The third kappa shape index (κ3) is 2.42. The van der Waals surface area contributed by atoms with Crippen LogP contribution in [0, 0.1) is 10.1 Å². The molecule has 1 aromatic rings. The van der Waals surface area contributed by atoms with Crippen LogP contribution in [0.15, 0.2) is 23.1 Å². The van der Waals surface area contributed by atoms with Crippen molar-refractivity contribution in [1.82, 2.24) is 0 Å². The number of ether oxygens (including phenoxy) is 1. The summed E-state index contributed by atoms with van der Waals surface area (Å²) in [6, 6.07) is 3.03. The highest BCUT2D eigenvalue weighted by Gasteiger charge is 2.24. The second-order valence-corrected chi connectivity index (χ2v) is 3.96. The topological polar surface area (TPSA) is 107 Å². The minimum atomic E-state index is -4.60. The molecule has 0 amide bonds. The van der Waals surface area contributed by atoms with Crippen LogP contribution in [0.25, 0.3) is 0 Å². The van der Waals surface area contributed by atoms with Crippen molar-refractivity contribution in [3.05, 3.63) is 28.3 Å². The second kappa shape index (κ2) is 3.83. The van der Waals surface area contributed by atoms with E-state index in [0.717, 1.165) is 12.1 Å². The van der Waals surface area contributed by atoms with Gasteiger partial charge < -0.3 is 4.74 Å². The lowest BCUT2D eigenvalue weighted by molar-refractivity contribution is -0.388. The third-order valence-corrected chi connectivity index (χ3v) is 2.54. The Bertz CT molecular complexity index is 494. The minimum absolute atomic E-state index is 0.133. The summed E-state index contributed by atoms with van der Waals surface area (Å²) in [4.78, 5) is 8.84. The van der Waals surface area contributed by atoms with Crippen LogP contribution in [-0.2, 0) is 10.1 Å². The van der Waals surface area contributed by atoms with Crippen molar-refractivity contribution in [1.29, 1.82) is 0 Å². The highest BCUT2D eigenvalue weighted by atomic mass is 32.2. The number of nitro groups is 1. The van der Waals surface area contributed by atoms with Crippen LogP contribution in [-0.4, -0.2) is 25.0 Å². The summed E-state index contributed by atoms with van der Waals surface area (Å²) in [6.07, 6.45) is 0. The van der Waals surface area contributed by atoms with Gasteiger partial charge in [-0.15, -0.1) is 0 Å². The van der Waals surface area contributed by atoms with Gasteiger partial charge in [-0.25, -0.2) is 0 Å². The minimum Gasteiger partial charge on any atom is -0.497 e. The van der Waals surface area contributed by atoms with Crippen molar-refractivity contribution in [2.75, 3.05) is 7.11 Å². The Morgan fingerprint density at radius 3 is 2.47 bits per heavy atom. The molecule has 0 aromatic heterocycles. The van der Waals surface area contributed by atoms with Crippen molar-refractivity contribution in [2.24, 2.45) is 0 Å². The number of rotatable bonds is 3. The molecule has 7 nitrogen and oxygen atoms in total. The number of hydrogen-bond acceptors (Lipinski definition) is 5. The lowest BCUT2D eigenvalue weighted by Crippen LogP contribution is -2.03. The van der Waals surface area contributed by atoms with Gasteiger partial charge in [-0.2, -0.15) is 8.42 Å². The third-order valence-electron chi connectivity index (χ3n) is 1.64. The summed E-state index contributed by atoms with van der Waals surface area (Å²) >= 11 is 0. The van der Waals surface area contributed by atoms with E-state index in [4.69, 9.17) is 9.29 Å². The Balaban J connectivity index is 3.48. The van der Waals surface area contributed by atoms with Gasteiger partial charge in [0.05, 0.1) is 18.1 Å². The van der Waals surface area contributed by atoms with E-state index in [1.807, 2.05) is 0 Å². The Kier molecular flexibility index (Phi) is 2.91. The molecule has 0 aliphatic rings. The van der Waals surface area contributed by atoms with Crippen LogP contribution < -0.4 is 4.74 Å². The molecule has 0 saturated carbocycles. The molecule has 0 heterocycles. The molecule has 0 fully saturated rings. The van der Waals surface area contributed by atoms with Gasteiger partial charge in [0.2, 0.25) is 0 Å². The van der Waals surface area contributed by atoms with Gasteiger partial charge in [-0.3, -0.25) is 14.7 Å². The molecule has 1 N–H and O–H groups in total. The van der Waals surface area contributed by atoms with Gasteiger partial charge in [0.15, 0.2) is 4.90 Å². The largest absolute Gasteiger partial charge is 0.497 e. The van der Waals surface area contributed by atoms with Crippen molar-refractivity contribution in [3.8, 4) is 5.75 Å². The average Bonchev–Trinajstić information content (AvgIpc) is 2.15. The fraction of sp³-hybridized carbons (Fsp3) is 0.143. The fourth-order valence-corrected chi connectivity index (χ4v) is 1.62. The number of benzene rings is 1. The molecule has 0 radical (unpaired) electrons. The summed E-state index contributed by atoms with van der Waals surface area (Å²) in [6.45, 7) is 0. The summed E-state index contributed by atoms with van der Waals surface area (Å²) in [5.74, 6) is 0.133. The molecule has 0 spiro atoms. The smallest absolute Gasteiger partial charge is 0.301 e. The maximum absolute atomic E-state index is 10.8. The zero-order chi connectivity index (χ0) is 11.6. The second-order valence-electron chi connectivity index (χ2n) is 2.57. The highest BCUT2D eigenvalue weighted by Crippen LogP contribution is 2.27. The zero-order valence-electron chi connectivity index (χ0n) is 7.58. The Morgan fingerprint density at radius 1 is 1.47 bits per heavy atom. The molecule has 8 heteroatoms. The van der Waals surface area contributed by atoms with Crippen LogP contribution in [0.4, 0.5) is 5.69 Å². The van der Waals surface area contributed by atoms with Crippen molar-refractivity contribution >= 4 is 15.8 Å². The van der Waals surface area contributed by atoms with E-state index in [1.165, 1.54) is 13.2 Å².